The van der Waals surface area contributed by atoms with Gasteiger partial charge < -0.3 is 15.1 Å². The molecule has 0 amide bonds. The van der Waals surface area contributed by atoms with Crippen LogP contribution < -0.4 is 0 Å². The van der Waals surface area contributed by atoms with Crippen molar-refractivity contribution in [3.63, 3.8) is 0 Å². The summed E-state index contributed by atoms with van der Waals surface area (Å²) in [5.74, 6) is -1.56. The summed E-state index contributed by atoms with van der Waals surface area (Å²) >= 11 is 0. The van der Waals surface area contributed by atoms with Gasteiger partial charge in [-0.05, 0) is 6.92 Å². The first-order chi connectivity index (χ1) is 5.93. The lowest BCUT2D eigenvalue weighted by Gasteiger charge is -1.94. The Balaban J connectivity index is 0. The largest absolute Gasteiger partial charge is 0.481 e. The molecule has 0 spiro atoms. The van der Waals surface area contributed by atoms with E-state index in [0.717, 1.165) is 0 Å². The molecular formula is C7H14O6. The molecule has 6 nitrogen and oxygen atoms in total. The lowest BCUT2D eigenvalue weighted by molar-refractivity contribution is -0.233. The van der Waals surface area contributed by atoms with Gasteiger partial charge in [-0.3, -0.25) is 4.79 Å². The second-order valence-electron chi connectivity index (χ2n) is 2.26. The van der Waals surface area contributed by atoms with Gasteiger partial charge in [0.1, 0.15) is 0 Å². The highest BCUT2D eigenvalue weighted by atomic mass is 17.1. The van der Waals surface area contributed by atoms with Crippen LogP contribution in [0.3, 0.4) is 0 Å². The first kappa shape index (κ1) is 14.4. The van der Waals surface area contributed by atoms with Crippen LogP contribution in [-0.4, -0.2) is 33.5 Å². The summed E-state index contributed by atoms with van der Waals surface area (Å²) < 4.78 is 0. The number of rotatable bonds is 3. The molecule has 0 aromatic rings. The zero-order chi connectivity index (χ0) is 10.9. The second kappa shape index (κ2) is 8.95. The highest BCUT2D eigenvalue weighted by Crippen LogP contribution is 1.85. The third-order valence-electron chi connectivity index (χ3n) is 0.861. The molecule has 0 aliphatic carbocycles. The maximum absolute atomic E-state index is 9.71. The fourth-order valence-corrected chi connectivity index (χ4v) is 0.317. The zero-order valence-corrected chi connectivity index (χ0v) is 7.56. The molecule has 0 aliphatic heterocycles. The fraction of sp³-hybridized carbons (Fsp3) is 0.714. The molecule has 13 heavy (non-hydrogen) atoms. The Morgan fingerprint density at radius 3 is 1.92 bits per heavy atom. The summed E-state index contributed by atoms with van der Waals surface area (Å²) in [4.78, 5) is 22.6. The van der Waals surface area contributed by atoms with Crippen LogP contribution in [0.25, 0.3) is 0 Å². The molecule has 78 valence electrons. The van der Waals surface area contributed by atoms with E-state index in [1.165, 1.54) is 6.92 Å². The normalized spacial score (nSPS) is 10.8. The van der Waals surface area contributed by atoms with E-state index in [1.807, 2.05) is 0 Å². The van der Waals surface area contributed by atoms with Crippen molar-refractivity contribution in [2.24, 2.45) is 0 Å². The van der Waals surface area contributed by atoms with Gasteiger partial charge in [0.05, 0.1) is 12.5 Å². The monoisotopic (exact) mass is 194 g/mol. The van der Waals surface area contributed by atoms with Gasteiger partial charge in [-0.2, -0.15) is 5.26 Å². The Morgan fingerprint density at radius 2 is 1.92 bits per heavy atom. The number of carbonyl (C=O) groups is 2. The minimum Gasteiger partial charge on any atom is -0.481 e. The Morgan fingerprint density at radius 1 is 1.46 bits per heavy atom. The van der Waals surface area contributed by atoms with Crippen LogP contribution >= 0.6 is 0 Å². The summed E-state index contributed by atoms with van der Waals surface area (Å²) in [6.45, 7) is 3.03. The van der Waals surface area contributed by atoms with E-state index in [1.54, 1.807) is 6.92 Å². The van der Waals surface area contributed by atoms with Crippen LogP contribution in [0.1, 0.15) is 26.7 Å². The van der Waals surface area contributed by atoms with Crippen LogP contribution in [0.5, 0.6) is 0 Å². The minimum atomic E-state index is -0.963. The van der Waals surface area contributed by atoms with Crippen molar-refractivity contribution in [3.05, 3.63) is 0 Å². The quantitative estimate of drug-likeness (QED) is 0.439. The molecule has 0 saturated heterocycles. The van der Waals surface area contributed by atoms with Crippen LogP contribution in [0.15, 0.2) is 0 Å². The van der Waals surface area contributed by atoms with Crippen molar-refractivity contribution in [1.29, 1.82) is 0 Å². The first-order valence-corrected chi connectivity index (χ1v) is 3.68. The van der Waals surface area contributed by atoms with Gasteiger partial charge in [0.2, 0.25) is 0 Å². The van der Waals surface area contributed by atoms with Gasteiger partial charge in [-0.25, -0.2) is 4.79 Å². The number of carbonyl (C=O) groups excluding carboxylic acids is 1. The van der Waals surface area contributed by atoms with Crippen molar-refractivity contribution < 1.29 is 29.9 Å². The fourth-order valence-electron chi connectivity index (χ4n) is 0.317. The third kappa shape index (κ3) is 18.1. The summed E-state index contributed by atoms with van der Waals surface area (Å²) in [5, 5.41) is 23.8. The average molecular weight is 194 g/mol. The van der Waals surface area contributed by atoms with Crippen molar-refractivity contribution in [2.45, 2.75) is 32.8 Å². The molecule has 0 bridgehead atoms. The molecular weight excluding hydrogens is 180 g/mol. The molecule has 3 N–H and O–H groups in total. The maximum atomic E-state index is 9.71. The van der Waals surface area contributed by atoms with E-state index in [4.69, 9.17) is 15.5 Å². The predicted octanol–water partition coefficient (Wildman–Crippen LogP) is 0.254. The summed E-state index contributed by atoms with van der Waals surface area (Å²) in [5.41, 5.74) is 0. The number of aliphatic carboxylic acids is 1. The van der Waals surface area contributed by atoms with E-state index in [-0.39, 0.29) is 12.8 Å². The van der Waals surface area contributed by atoms with Crippen molar-refractivity contribution in [2.75, 3.05) is 0 Å². The molecule has 0 aromatic carbocycles. The molecule has 0 aromatic heterocycles. The minimum absolute atomic E-state index is 0.167. The Bertz CT molecular complexity index is 147. The maximum Gasteiger partial charge on any atom is 0.341 e. The summed E-state index contributed by atoms with van der Waals surface area (Å²) in [6.07, 6.45) is -0.672. The standard InChI is InChI=1S/C4H8O3.C3H6O3/c1-3(5)2-4(6)7;1-2-3(4)6-5/h3,5H,2H2,1H3,(H,6,7);5H,2H2,1H3. The van der Waals surface area contributed by atoms with E-state index < -0.39 is 18.0 Å². The van der Waals surface area contributed by atoms with Gasteiger partial charge in [0, 0.05) is 6.42 Å². The molecule has 6 heteroatoms. The van der Waals surface area contributed by atoms with Gasteiger partial charge in [0.25, 0.3) is 0 Å². The molecule has 0 radical (unpaired) electrons. The van der Waals surface area contributed by atoms with Gasteiger partial charge in [-0.15, -0.1) is 0 Å². The average Bonchev–Trinajstić information content (AvgIpc) is 2.01. The smallest absolute Gasteiger partial charge is 0.341 e. The lowest BCUT2D eigenvalue weighted by Crippen LogP contribution is -2.07. The molecule has 0 rings (SSSR count). The topological polar surface area (TPSA) is 104 Å². The van der Waals surface area contributed by atoms with Crippen molar-refractivity contribution in [1.82, 2.24) is 0 Å². The first-order valence-electron chi connectivity index (χ1n) is 3.68. The summed E-state index contributed by atoms with van der Waals surface area (Å²) in [6, 6.07) is 0. The second-order valence-corrected chi connectivity index (χ2v) is 2.26. The third-order valence-corrected chi connectivity index (χ3v) is 0.861. The predicted molar refractivity (Wildman–Crippen MR) is 42.9 cm³/mol. The number of aliphatic hydroxyl groups excluding tert-OH is 1. The Labute approximate surface area is 75.7 Å². The van der Waals surface area contributed by atoms with Crippen LogP contribution in [0, 0.1) is 0 Å². The van der Waals surface area contributed by atoms with Crippen molar-refractivity contribution >= 4 is 11.9 Å². The number of hydrogen-bond donors (Lipinski definition) is 3. The summed E-state index contributed by atoms with van der Waals surface area (Å²) in [7, 11) is 0. The Hall–Kier alpha value is -1.14. The van der Waals surface area contributed by atoms with E-state index in [9.17, 15) is 9.59 Å². The highest BCUT2D eigenvalue weighted by Gasteiger charge is 2.00. The van der Waals surface area contributed by atoms with Crippen LogP contribution in [-0.2, 0) is 14.5 Å². The zero-order valence-electron chi connectivity index (χ0n) is 7.56. The highest BCUT2D eigenvalue weighted by molar-refractivity contribution is 5.68. The molecule has 1 atom stereocenters. The van der Waals surface area contributed by atoms with Crippen LogP contribution in [0.2, 0.25) is 0 Å². The number of carboxylic acid groups (broad SMARTS) is 1. The van der Waals surface area contributed by atoms with Gasteiger partial charge in [-0.1, -0.05) is 6.92 Å². The number of carboxylic acids is 1. The Kier molecular flexibility index (Phi) is 9.91. The van der Waals surface area contributed by atoms with Gasteiger partial charge in [0.15, 0.2) is 0 Å². The lowest BCUT2D eigenvalue weighted by atomic mass is 10.3. The SMILES string of the molecule is CC(O)CC(=O)O.CCC(=O)OO. The molecule has 0 saturated carbocycles. The molecule has 0 heterocycles. The van der Waals surface area contributed by atoms with Crippen molar-refractivity contribution in [3.8, 4) is 0 Å². The molecule has 0 aliphatic rings. The van der Waals surface area contributed by atoms with E-state index in [0.29, 0.717) is 0 Å². The van der Waals surface area contributed by atoms with E-state index >= 15 is 0 Å². The number of aliphatic hydroxyl groups is 1. The van der Waals surface area contributed by atoms with E-state index in [2.05, 4.69) is 4.89 Å². The van der Waals surface area contributed by atoms with Crippen LogP contribution in [0.4, 0.5) is 0 Å². The molecule has 1 unspecified atom stereocenters. The number of hydrogen-bond acceptors (Lipinski definition) is 5. The van der Waals surface area contributed by atoms with Gasteiger partial charge >= 0.3 is 11.9 Å². The molecule has 0 fully saturated rings.